The van der Waals surface area contributed by atoms with E-state index >= 15 is 0 Å². The molecule has 19 heavy (non-hydrogen) atoms. The molecule has 5 nitrogen and oxygen atoms in total. The number of carbonyl (C=O) groups excluding carboxylic acids is 1. The number of hydrogen-bond donors (Lipinski definition) is 3. The van der Waals surface area contributed by atoms with Gasteiger partial charge in [0, 0.05) is 35.1 Å². The fraction of sp³-hybridized carbons (Fsp3) is 0.143. The maximum absolute atomic E-state index is 12.1. The lowest BCUT2D eigenvalue weighted by atomic mass is 10.1. The Morgan fingerprint density at radius 2 is 2.26 bits per heavy atom. The second kappa shape index (κ2) is 4.61. The minimum atomic E-state index is -0.0860. The van der Waals surface area contributed by atoms with Gasteiger partial charge in [0.25, 0.3) is 5.91 Å². The van der Waals surface area contributed by atoms with Gasteiger partial charge >= 0.3 is 0 Å². The van der Waals surface area contributed by atoms with Gasteiger partial charge in [-0.05, 0) is 30.5 Å². The van der Waals surface area contributed by atoms with Gasteiger partial charge in [-0.3, -0.25) is 9.89 Å². The molecule has 0 unspecified atom stereocenters. The molecule has 2 heterocycles. The zero-order chi connectivity index (χ0) is 13.2. The molecule has 3 rings (SSSR count). The molecule has 0 aliphatic rings. The first-order valence-electron chi connectivity index (χ1n) is 6.08. The van der Waals surface area contributed by atoms with Crippen LogP contribution in [0.3, 0.4) is 0 Å². The zero-order valence-electron chi connectivity index (χ0n) is 10.5. The van der Waals surface area contributed by atoms with Gasteiger partial charge in [-0.2, -0.15) is 5.10 Å². The highest BCUT2D eigenvalue weighted by Gasteiger charge is 2.08. The second-order valence-corrected chi connectivity index (χ2v) is 4.48. The smallest absolute Gasteiger partial charge is 0.251 e. The predicted molar refractivity (Wildman–Crippen MR) is 72.8 cm³/mol. The third-order valence-corrected chi connectivity index (χ3v) is 3.19. The first-order valence-corrected chi connectivity index (χ1v) is 6.08. The van der Waals surface area contributed by atoms with E-state index in [0.29, 0.717) is 12.1 Å². The van der Waals surface area contributed by atoms with Gasteiger partial charge in [0.05, 0.1) is 6.20 Å². The monoisotopic (exact) mass is 254 g/mol. The number of benzene rings is 1. The Bertz CT molecular complexity index is 726. The van der Waals surface area contributed by atoms with Gasteiger partial charge in [-0.25, -0.2) is 0 Å². The van der Waals surface area contributed by atoms with E-state index in [2.05, 4.69) is 20.5 Å². The van der Waals surface area contributed by atoms with Crippen molar-refractivity contribution in [3.05, 3.63) is 53.5 Å². The Morgan fingerprint density at radius 1 is 1.37 bits per heavy atom. The number of hydrogen-bond acceptors (Lipinski definition) is 2. The molecule has 3 N–H and O–H groups in total. The number of fused-ring (bicyclic) bond motifs is 1. The van der Waals surface area contributed by atoms with E-state index in [1.54, 1.807) is 6.20 Å². The summed E-state index contributed by atoms with van der Waals surface area (Å²) in [6.45, 7) is 2.41. The van der Waals surface area contributed by atoms with Crippen LogP contribution in [0.2, 0.25) is 0 Å². The number of carbonyl (C=O) groups is 1. The van der Waals surface area contributed by atoms with E-state index in [-0.39, 0.29) is 5.91 Å². The number of aryl methyl sites for hydroxylation is 1. The van der Waals surface area contributed by atoms with E-state index in [4.69, 9.17) is 0 Å². The van der Waals surface area contributed by atoms with Gasteiger partial charge in [-0.1, -0.05) is 6.07 Å². The molecule has 0 atom stereocenters. The highest BCUT2D eigenvalue weighted by atomic mass is 16.1. The molecule has 0 aliphatic heterocycles. The maximum Gasteiger partial charge on any atom is 0.251 e. The number of aromatic nitrogens is 3. The number of amides is 1. The van der Waals surface area contributed by atoms with Crippen LogP contribution in [0.5, 0.6) is 0 Å². The summed E-state index contributed by atoms with van der Waals surface area (Å²) in [7, 11) is 0. The minimum absolute atomic E-state index is 0.0860. The van der Waals surface area contributed by atoms with Crippen LogP contribution in [0.4, 0.5) is 0 Å². The summed E-state index contributed by atoms with van der Waals surface area (Å²) < 4.78 is 0. The fourth-order valence-electron chi connectivity index (χ4n) is 2.02. The zero-order valence-corrected chi connectivity index (χ0v) is 10.5. The van der Waals surface area contributed by atoms with Crippen molar-refractivity contribution < 1.29 is 4.79 Å². The Balaban J connectivity index is 1.74. The Labute approximate surface area is 110 Å². The summed E-state index contributed by atoms with van der Waals surface area (Å²) in [5.41, 5.74) is 3.58. The SMILES string of the molecule is Cc1[nH]ncc1CNC(=O)c1ccc2cc[nH]c2c1. The first-order chi connectivity index (χ1) is 9.24. The maximum atomic E-state index is 12.1. The molecule has 5 heteroatoms. The molecule has 96 valence electrons. The Morgan fingerprint density at radius 3 is 3.05 bits per heavy atom. The first kappa shape index (κ1) is 11.5. The lowest BCUT2D eigenvalue weighted by Crippen LogP contribution is -2.22. The summed E-state index contributed by atoms with van der Waals surface area (Å²) >= 11 is 0. The van der Waals surface area contributed by atoms with E-state index in [1.165, 1.54) is 0 Å². The summed E-state index contributed by atoms with van der Waals surface area (Å²) in [6.07, 6.45) is 3.59. The minimum Gasteiger partial charge on any atom is -0.361 e. The topological polar surface area (TPSA) is 73.6 Å². The van der Waals surface area contributed by atoms with Crippen LogP contribution in [-0.2, 0) is 6.54 Å². The van der Waals surface area contributed by atoms with Crippen molar-refractivity contribution in [2.75, 3.05) is 0 Å². The van der Waals surface area contributed by atoms with Gasteiger partial charge in [0.2, 0.25) is 0 Å². The summed E-state index contributed by atoms with van der Waals surface area (Å²) in [6, 6.07) is 7.59. The lowest BCUT2D eigenvalue weighted by molar-refractivity contribution is 0.0951. The molecule has 2 aromatic heterocycles. The second-order valence-electron chi connectivity index (χ2n) is 4.48. The summed E-state index contributed by atoms with van der Waals surface area (Å²) in [4.78, 5) is 15.2. The molecule has 0 aliphatic carbocycles. The number of nitrogens with zero attached hydrogens (tertiary/aromatic N) is 1. The van der Waals surface area contributed by atoms with Gasteiger partial charge in [0.1, 0.15) is 0 Å². The van der Waals surface area contributed by atoms with Crippen LogP contribution in [0.1, 0.15) is 21.6 Å². The molecule has 0 saturated carbocycles. The lowest BCUT2D eigenvalue weighted by Gasteiger charge is -2.04. The molecule has 0 spiro atoms. The molecular formula is C14H14N4O. The average Bonchev–Trinajstić information content (AvgIpc) is 3.03. The van der Waals surface area contributed by atoms with Crippen LogP contribution in [0.15, 0.2) is 36.7 Å². The van der Waals surface area contributed by atoms with Gasteiger partial charge in [0.15, 0.2) is 0 Å². The predicted octanol–water partition coefficient (Wildman–Crippen LogP) is 2.13. The largest absolute Gasteiger partial charge is 0.361 e. The van der Waals surface area contributed by atoms with Crippen LogP contribution in [0.25, 0.3) is 10.9 Å². The van der Waals surface area contributed by atoms with Crippen molar-refractivity contribution >= 4 is 16.8 Å². The fourth-order valence-corrected chi connectivity index (χ4v) is 2.02. The highest BCUT2D eigenvalue weighted by Crippen LogP contribution is 2.14. The third-order valence-electron chi connectivity index (χ3n) is 3.19. The molecule has 0 bridgehead atoms. The standard InChI is InChI=1S/C14H14N4O/c1-9-12(8-17-18-9)7-16-14(19)11-3-2-10-4-5-15-13(10)6-11/h2-6,8,15H,7H2,1H3,(H,16,19)(H,17,18). The molecule has 3 aromatic rings. The quantitative estimate of drug-likeness (QED) is 0.670. The molecule has 0 radical (unpaired) electrons. The van der Waals surface area contributed by atoms with Crippen molar-refractivity contribution in [1.82, 2.24) is 20.5 Å². The van der Waals surface area contributed by atoms with Crippen molar-refractivity contribution in [2.24, 2.45) is 0 Å². The average molecular weight is 254 g/mol. The molecule has 0 saturated heterocycles. The Hall–Kier alpha value is -2.56. The van der Waals surface area contributed by atoms with E-state index in [9.17, 15) is 4.79 Å². The van der Waals surface area contributed by atoms with Crippen LogP contribution >= 0.6 is 0 Å². The molecule has 1 amide bonds. The summed E-state index contributed by atoms with van der Waals surface area (Å²) in [5.74, 6) is -0.0860. The number of H-pyrrole nitrogens is 2. The van der Waals surface area contributed by atoms with Crippen molar-refractivity contribution in [1.29, 1.82) is 0 Å². The van der Waals surface area contributed by atoms with Gasteiger partial charge < -0.3 is 10.3 Å². The van der Waals surface area contributed by atoms with E-state index < -0.39 is 0 Å². The molecule has 1 aromatic carbocycles. The number of aromatic amines is 2. The van der Waals surface area contributed by atoms with Crippen molar-refractivity contribution in [2.45, 2.75) is 13.5 Å². The van der Waals surface area contributed by atoms with Crippen LogP contribution in [0, 0.1) is 6.92 Å². The normalized spacial score (nSPS) is 10.8. The number of nitrogens with one attached hydrogen (secondary N) is 3. The summed E-state index contributed by atoms with van der Waals surface area (Å²) in [5, 5.41) is 10.8. The Kier molecular flexibility index (Phi) is 2.79. The van der Waals surface area contributed by atoms with E-state index in [1.807, 2.05) is 37.4 Å². The third kappa shape index (κ3) is 2.22. The van der Waals surface area contributed by atoms with Crippen molar-refractivity contribution in [3.63, 3.8) is 0 Å². The van der Waals surface area contributed by atoms with Crippen LogP contribution in [-0.4, -0.2) is 21.1 Å². The molecule has 0 fully saturated rings. The van der Waals surface area contributed by atoms with Crippen molar-refractivity contribution in [3.8, 4) is 0 Å². The molecular weight excluding hydrogens is 240 g/mol. The highest BCUT2D eigenvalue weighted by molar-refractivity contribution is 5.97. The number of rotatable bonds is 3. The van der Waals surface area contributed by atoms with Gasteiger partial charge in [-0.15, -0.1) is 0 Å². The van der Waals surface area contributed by atoms with E-state index in [0.717, 1.165) is 22.2 Å². The van der Waals surface area contributed by atoms with Crippen LogP contribution < -0.4 is 5.32 Å².